The number of benzene rings is 3. The first-order valence-electron chi connectivity index (χ1n) is 10.2. The number of hydrogen-bond acceptors (Lipinski definition) is 3. The molecular weight excluding hydrogens is 481 g/mol. The molecule has 3 aromatic carbocycles. The molecule has 0 saturated heterocycles. The number of nitrogens with zero attached hydrogens (tertiary/aromatic N) is 1. The van der Waals surface area contributed by atoms with E-state index in [0.717, 1.165) is 5.56 Å². The van der Waals surface area contributed by atoms with Gasteiger partial charge in [-0.05, 0) is 60.9 Å². The van der Waals surface area contributed by atoms with E-state index in [1.165, 1.54) is 16.4 Å². The molecule has 0 bridgehead atoms. The third-order valence-electron chi connectivity index (χ3n) is 5.68. The fourth-order valence-electron chi connectivity index (χ4n) is 4.08. The molecule has 4 rings (SSSR count). The number of hydrogen-bond donors (Lipinski definition) is 1. The minimum Gasteiger partial charge on any atom is -0.478 e. The quantitative estimate of drug-likeness (QED) is 0.452. The van der Waals surface area contributed by atoms with Gasteiger partial charge < -0.3 is 5.11 Å². The summed E-state index contributed by atoms with van der Waals surface area (Å²) in [5.41, 5.74) is 2.09. The molecule has 0 aliphatic carbocycles. The second kappa shape index (κ2) is 9.31. The van der Waals surface area contributed by atoms with Crippen LogP contribution in [0.3, 0.4) is 0 Å². The highest BCUT2D eigenvalue weighted by molar-refractivity contribution is 7.89. The number of aliphatic carboxylic acids is 1. The molecule has 1 aliphatic heterocycles. The molecule has 0 spiro atoms. The standard InChI is InChI=1S/C25H21Cl2NO4S/c1-16-5-11-21(12-6-16)33(31,32)28-23(17-7-9-19(26)10-8-17)14-13-22(25(29)30)24(28)18-3-2-4-20(27)15-18/h2-13,15,23-24H,14H2,1H3,(H,29,30)/t23-,24-/m0/s1. The van der Waals surface area contributed by atoms with Crippen LogP contribution < -0.4 is 0 Å². The highest BCUT2D eigenvalue weighted by atomic mass is 35.5. The van der Waals surface area contributed by atoms with Gasteiger partial charge in [-0.25, -0.2) is 13.2 Å². The molecular formula is C25H21Cl2NO4S. The van der Waals surface area contributed by atoms with Crippen molar-refractivity contribution in [2.24, 2.45) is 0 Å². The van der Waals surface area contributed by atoms with E-state index in [4.69, 9.17) is 23.2 Å². The van der Waals surface area contributed by atoms with Crippen LogP contribution in [0.15, 0.2) is 89.3 Å². The van der Waals surface area contributed by atoms with Crippen molar-refractivity contribution in [1.82, 2.24) is 4.31 Å². The Balaban J connectivity index is 1.97. The fourth-order valence-corrected chi connectivity index (χ4v) is 6.19. The van der Waals surface area contributed by atoms with Gasteiger partial charge in [0.2, 0.25) is 10.0 Å². The first kappa shape index (κ1) is 23.5. The minimum absolute atomic E-state index is 0.0156. The lowest BCUT2D eigenvalue weighted by Crippen LogP contribution is -2.42. The number of carboxylic acids is 1. The second-order valence-electron chi connectivity index (χ2n) is 7.87. The van der Waals surface area contributed by atoms with Crippen LogP contribution in [0.5, 0.6) is 0 Å². The molecule has 0 radical (unpaired) electrons. The molecule has 1 aliphatic rings. The molecule has 0 amide bonds. The Kier molecular flexibility index (Phi) is 6.64. The van der Waals surface area contributed by atoms with E-state index in [0.29, 0.717) is 21.2 Å². The van der Waals surface area contributed by atoms with Crippen molar-refractivity contribution in [1.29, 1.82) is 0 Å². The van der Waals surface area contributed by atoms with Crippen molar-refractivity contribution >= 4 is 39.2 Å². The zero-order chi connectivity index (χ0) is 23.8. The molecule has 8 heteroatoms. The van der Waals surface area contributed by atoms with Crippen LogP contribution >= 0.6 is 23.2 Å². The van der Waals surface area contributed by atoms with E-state index >= 15 is 0 Å². The Morgan fingerprint density at radius 1 is 0.939 bits per heavy atom. The smallest absolute Gasteiger partial charge is 0.333 e. The lowest BCUT2D eigenvalue weighted by Gasteiger charge is -2.40. The maximum atomic E-state index is 14.0. The van der Waals surface area contributed by atoms with Crippen LogP contribution in [0.25, 0.3) is 0 Å². The average molecular weight is 502 g/mol. The van der Waals surface area contributed by atoms with Gasteiger partial charge in [0.15, 0.2) is 0 Å². The number of rotatable bonds is 5. The molecule has 33 heavy (non-hydrogen) atoms. The zero-order valence-electron chi connectivity index (χ0n) is 17.7. The van der Waals surface area contributed by atoms with Crippen LogP contribution in [0.2, 0.25) is 10.0 Å². The Hall–Kier alpha value is -2.64. The number of carbonyl (C=O) groups is 1. The van der Waals surface area contributed by atoms with Gasteiger partial charge in [0, 0.05) is 10.0 Å². The Morgan fingerprint density at radius 3 is 2.21 bits per heavy atom. The van der Waals surface area contributed by atoms with Gasteiger partial charge in [0.1, 0.15) is 0 Å². The minimum atomic E-state index is -4.11. The maximum Gasteiger partial charge on any atom is 0.333 e. The second-order valence-corrected chi connectivity index (χ2v) is 10.6. The molecule has 1 N–H and O–H groups in total. The van der Waals surface area contributed by atoms with Crippen LogP contribution in [0, 0.1) is 6.92 Å². The van der Waals surface area contributed by atoms with E-state index in [1.807, 2.05) is 6.92 Å². The van der Waals surface area contributed by atoms with Crippen LogP contribution in [-0.2, 0) is 14.8 Å². The summed E-state index contributed by atoms with van der Waals surface area (Å²) in [6.45, 7) is 1.87. The average Bonchev–Trinajstić information content (AvgIpc) is 2.79. The first-order valence-corrected chi connectivity index (χ1v) is 12.4. The van der Waals surface area contributed by atoms with Crippen molar-refractivity contribution in [3.63, 3.8) is 0 Å². The van der Waals surface area contributed by atoms with E-state index in [9.17, 15) is 18.3 Å². The summed E-state index contributed by atoms with van der Waals surface area (Å²) >= 11 is 12.3. The van der Waals surface area contributed by atoms with Crippen LogP contribution in [0.1, 0.15) is 35.2 Å². The largest absolute Gasteiger partial charge is 0.478 e. The van der Waals surface area contributed by atoms with Gasteiger partial charge in [0.25, 0.3) is 0 Å². The third kappa shape index (κ3) is 4.70. The van der Waals surface area contributed by atoms with E-state index in [1.54, 1.807) is 66.7 Å². The number of aryl methyl sites for hydroxylation is 1. The van der Waals surface area contributed by atoms with Gasteiger partial charge in [-0.15, -0.1) is 0 Å². The molecule has 1 heterocycles. The molecule has 170 valence electrons. The zero-order valence-corrected chi connectivity index (χ0v) is 20.0. The monoisotopic (exact) mass is 501 g/mol. The predicted molar refractivity (Wildman–Crippen MR) is 129 cm³/mol. The van der Waals surface area contributed by atoms with Gasteiger partial charge in [0.05, 0.1) is 22.6 Å². The van der Waals surface area contributed by atoms with Gasteiger partial charge in [-0.3, -0.25) is 0 Å². The summed E-state index contributed by atoms with van der Waals surface area (Å²) in [7, 11) is -4.11. The van der Waals surface area contributed by atoms with Crippen molar-refractivity contribution < 1.29 is 18.3 Å². The summed E-state index contributed by atoms with van der Waals surface area (Å²) in [5.74, 6) is -1.18. The summed E-state index contributed by atoms with van der Waals surface area (Å²) < 4.78 is 29.4. The first-order chi connectivity index (χ1) is 15.7. The number of carboxylic acid groups (broad SMARTS) is 1. The molecule has 2 atom stereocenters. The fraction of sp³-hybridized carbons (Fsp3) is 0.160. The summed E-state index contributed by atoms with van der Waals surface area (Å²) in [6, 6.07) is 18.4. The van der Waals surface area contributed by atoms with Crippen molar-refractivity contribution in [2.75, 3.05) is 0 Å². The van der Waals surface area contributed by atoms with Crippen LogP contribution in [0.4, 0.5) is 0 Å². The Labute approximate surface area is 202 Å². The summed E-state index contributed by atoms with van der Waals surface area (Å²) in [5, 5.41) is 10.9. The molecule has 0 saturated carbocycles. The normalized spacial score (nSPS) is 19.2. The van der Waals surface area contributed by atoms with E-state index < -0.39 is 28.1 Å². The Morgan fingerprint density at radius 2 is 1.61 bits per heavy atom. The predicted octanol–water partition coefficient (Wildman–Crippen LogP) is 6.19. The van der Waals surface area contributed by atoms with Crippen molar-refractivity contribution in [3.8, 4) is 0 Å². The maximum absolute atomic E-state index is 14.0. The number of sulfonamides is 1. The third-order valence-corrected chi connectivity index (χ3v) is 8.06. The van der Waals surface area contributed by atoms with Crippen LogP contribution in [-0.4, -0.2) is 23.8 Å². The van der Waals surface area contributed by atoms with E-state index in [-0.39, 0.29) is 16.9 Å². The molecule has 3 aromatic rings. The van der Waals surface area contributed by atoms with Gasteiger partial charge in [-0.2, -0.15) is 4.31 Å². The Bertz CT molecular complexity index is 1320. The number of halogens is 2. The highest BCUT2D eigenvalue weighted by Crippen LogP contribution is 2.46. The summed E-state index contributed by atoms with van der Waals surface area (Å²) in [6.07, 6.45) is 1.79. The topological polar surface area (TPSA) is 74.7 Å². The van der Waals surface area contributed by atoms with Gasteiger partial charge in [-0.1, -0.05) is 71.2 Å². The SMILES string of the molecule is Cc1ccc(S(=O)(=O)N2[C@@H](c3cccc(Cl)c3)C(C(=O)O)=CC[C@H]2c2ccc(Cl)cc2)cc1. The van der Waals surface area contributed by atoms with Crippen molar-refractivity contribution in [3.05, 3.63) is 111 Å². The summed E-state index contributed by atoms with van der Waals surface area (Å²) in [4.78, 5) is 12.3. The molecule has 0 unspecified atom stereocenters. The lowest BCUT2D eigenvalue weighted by molar-refractivity contribution is -0.133. The highest BCUT2D eigenvalue weighted by Gasteiger charge is 2.44. The lowest BCUT2D eigenvalue weighted by atomic mass is 9.89. The molecule has 0 fully saturated rings. The van der Waals surface area contributed by atoms with Crippen molar-refractivity contribution in [2.45, 2.75) is 30.3 Å². The van der Waals surface area contributed by atoms with E-state index in [2.05, 4.69) is 0 Å². The van der Waals surface area contributed by atoms with Gasteiger partial charge >= 0.3 is 5.97 Å². The molecule has 0 aromatic heterocycles. The molecule has 5 nitrogen and oxygen atoms in total.